The van der Waals surface area contributed by atoms with E-state index in [4.69, 9.17) is 14.2 Å². The van der Waals surface area contributed by atoms with Crippen LogP contribution in [0.2, 0.25) is 0 Å². The number of carbonyl (C=O) groups excluding carboxylic acids is 3. The van der Waals surface area contributed by atoms with E-state index >= 15 is 0 Å². The number of aliphatic hydroxyl groups is 2. The van der Waals surface area contributed by atoms with Gasteiger partial charge in [-0.15, -0.1) is 0 Å². The lowest BCUT2D eigenvalue weighted by molar-refractivity contribution is -0.141. The number of carbonyl (C=O) groups is 3. The second kappa shape index (κ2) is 11.7. The third-order valence-electron chi connectivity index (χ3n) is 6.66. The quantitative estimate of drug-likeness (QED) is 0.388. The minimum Gasteiger partial charge on any atom is -0.493 e. The Balaban J connectivity index is 1.83. The van der Waals surface area contributed by atoms with Crippen LogP contribution in [0.25, 0.3) is 0 Å². The molecule has 10 nitrogen and oxygen atoms in total. The number of ether oxygens (including phenoxy) is 3. The van der Waals surface area contributed by atoms with Crippen LogP contribution >= 0.6 is 0 Å². The molecule has 1 heterocycles. The van der Waals surface area contributed by atoms with Crippen molar-refractivity contribution in [2.75, 3.05) is 34.0 Å². The molecule has 4 atom stereocenters. The highest BCUT2D eigenvalue weighted by Crippen LogP contribution is 2.51. The molecule has 0 spiro atoms. The first-order valence-corrected chi connectivity index (χ1v) is 12.0. The van der Waals surface area contributed by atoms with Gasteiger partial charge in [0.25, 0.3) is 0 Å². The summed E-state index contributed by atoms with van der Waals surface area (Å²) in [5.74, 6) is -1.93. The van der Waals surface area contributed by atoms with E-state index in [0.29, 0.717) is 11.8 Å². The predicted octanol–water partition coefficient (Wildman–Crippen LogP) is 0.945. The van der Waals surface area contributed by atoms with E-state index in [1.807, 2.05) is 0 Å². The summed E-state index contributed by atoms with van der Waals surface area (Å²) >= 11 is 0. The Morgan fingerprint density at radius 1 is 1.24 bits per heavy atom. The number of benzene rings is 2. The Morgan fingerprint density at radius 3 is 2.66 bits per heavy atom. The first kappa shape index (κ1) is 27.2. The highest BCUT2D eigenvalue weighted by molar-refractivity contribution is 5.96. The van der Waals surface area contributed by atoms with Crippen molar-refractivity contribution in [3.8, 4) is 11.5 Å². The molecule has 0 saturated heterocycles. The molecule has 1 aliphatic carbocycles. The fraction of sp³-hybridized carbons (Fsp3) is 0.370. The minimum absolute atomic E-state index is 0.0340. The van der Waals surface area contributed by atoms with Crippen molar-refractivity contribution in [3.63, 3.8) is 0 Å². The Labute approximate surface area is 218 Å². The summed E-state index contributed by atoms with van der Waals surface area (Å²) in [5.41, 5.74) is 1.11. The molecule has 0 saturated carbocycles. The SMILES string of the molecule is COCC(=O)N(Cc1ccccc1F)[C@@H]1C=C(C(=O)NCCO)[C@@H]2c3cc(C=O)cc(OC)c3O[C@@H]2[C@H]1O. The van der Waals surface area contributed by atoms with E-state index in [-0.39, 0.29) is 54.5 Å². The first-order valence-electron chi connectivity index (χ1n) is 12.0. The molecule has 0 aromatic heterocycles. The Bertz CT molecular complexity index is 1250. The molecular formula is C27H29FN2O8. The van der Waals surface area contributed by atoms with Gasteiger partial charge in [-0.2, -0.15) is 0 Å². The predicted molar refractivity (Wildman–Crippen MR) is 132 cm³/mol. The largest absolute Gasteiger partial charge is 0.493 e. The van der Waals surface area contributed by atoms with Gasteiger partial charge < -0.3 is 34.6 Å². The summed E-state index contributed by atoms with van der Waals surface area (Å²) in [5, 5.41) is 23.4. The number of hydrogen-bond donors (Lipinski definition) is 3. The molecule has 4 rings (SSSR count). The molecule has 0 bridgehead atoms. The van der Waals surface area contributed by atoms with Gasteiger partial charge in [-0.3, -0.25) is 14.4 Å². The van der Waals surface area contributed by atoms with Gasteiger partial charge in [0.1, 0.15) is 30.9 Å². The van der Waals surface area contributed by atoms with Gasteiger partial charge >= 0.3 is 0 Å². The average molecular weight is 529 g/mol. The van der Waals surface area contributed by atoms with Crippen molar-refractivity contribution < 1.29 is 43.2 Å². The Kier molecular flexibility index (Phi) is 8.40. The van der Waals surface area contributed by atoms with Gasteiger partial charge in [0.05, 0.1) is 25.7 Å². The van der Waals surface area contributed by atoms with E-state index < -0.39 is 41.8 Å². The lowest BCUT2D eigenvalue weighted by Gasteiger charge is -2.40. The number of fused-ring (bicyclic) bond motifs is 3. The standard InChI is InChI=1S/C27H29FN2O8/c1-36-14-22(33)30(12-16-5-3-4-6-19(16)28)20-11-18(27(35)29-7-8-31)23-17-9-15(13-32)10-21(37-2)25(17)38-26(23)24(20)34/h3-6,9-11,13,20,23-24,26,31,34H,7-8,12,14H2,1-2H3,(H,29,35)/t20-,23+,24+,26+/m1/s1. The van der Waals surface area contributed by atoms with E-state index in [1.54, 1.807) is 12.1 Å². The molecule has 0 unspecified atom stereocenters. The molecule has 3 N–H and O–H groups in total. The van der Waals surface area contributed by atoms with Gasteiger partial charge in [-0.1, -0.05) is 18.2 Å². The van der Waals surface area contributed by atoms with E-state index in [2.05, 4.69) is 5.32 Å². The molecule has 2 aromatic rings. The van der Waals surface area contributed by atoms with Crippen LogP contribution in [0.1, 0.15) is 27.4 Å². The zero-order chi connectivity index (χ0) is 27.4. The molecular weight excluding hydrogens is 499 g/mol. The highest BCUT2D eigenvalue weighted by atomic mass is 19.1. The lowest BCUT2D eigenvalue weighted by Crippen LogP contribution is -2.56. The van der Waals surface area contributed by atoms with Gasteiger partial charge in [0.2, 0.25) is 11.8 Å². The van der Waals surface area contributed by atoms with Crippen LogP contribution in [0.4, 0.5) is 4.39 Å². The third-order valence-corrected chi connectivity index (χ3v) is 6.66. The van der Waals surface area contributed by atoms with Gasteiger partial charge in [-0.25, -0.2) is 4.39 Å². The number of aliphatic hydroxyl groups excluding tert-OH is 2. The monoisotopic (exact) mass is 528 g/mol. The zero-order valence-electron chi connectivity index (χ0n) is 20.9. The van der Waals surface area contributed by atoms with Crippen molar-refractivity contribution in [1.29, 1.82) is 0 Å². The van der Waals surface area contributed by atoms with Crippen molar-refractivity contribution in [3.05, 3.63) is 70.6 Å². The summed E-state index contributed by atoms with van der Waals surface area (Å²) in [6, 6.07) is 7.87. The summed E-state index contributed by atoms with van der Waals surface area (Å²) in [6.07, 6.45) is -0.304. The summed E-state index contributed by atoms with van der Waals surface area (Å²) in [6.45, 7) is -0.889. The number of hydrogen-bond acceptors (Lipinski definition) is 8. The number of nitrogens with one attached hydrogen (secondary N) is 1. The van der Waals surface area contributed by atoms with Crippen molar-refractivity contribution in [1.82, 2.24) is 10.2 Å². The van der Waals surface area contributed by atoms with Crippen LogP contribution in [0, 0.1) is 5.82 Å². The minimum atomic E-state index is -1.35. The normalized spacial score (nSPS) is 21.4. The zero-order valence-corrected chi connectivity index (χ0v) is 20.9. The van der Waals surface area contributed by atoms with Crippen LogP contribution in [0.5, 0.6) is 11.5 Å². The molecule has 2 aliphatic rings. The van der Waals surface area contributed by atoms with Crippen LogP contribution < -0.4 is 14.8 Å². The fourth-order valence-corrected chi connectivity index (χ4v) is 4.93. The number of nitrogens with zero attached hydrogens (tertiary/aromatic N) is 1. The number of rotatable bonds is 10. The van der Waals surface area contributed by atoms with Crippen LogP contribution in [0.3, 0.4) is 0 Å². The van der Waals surface area contributed by atoms with E-state index in [1.165, 1.54) is 49.5 Å². The van der Waals surface area contributed by atoms with Crippen molar-refractivity contribution in [2.24, 2.45) is 0 Å². The second-order valence-electron chi connectivity index (χ2n) is 8.95. The number of amides is 2. The number of methoxy groups -OCH3 is 2. The average Bonchev–Trinajstić information content (AvgIpc) is 3.31. The van der Waals surface area contributed by atoms with Crippen LogP contribution in [-0.2, 0) is 20.9 Å². The number of halogens is 1. The Hall–Kier alpha value is -3.80. The number of aldehydes is 1. The summed E-state index contributed by atoms with van der Waals surface area (Å²) in [7, 11) is 2.74. The fourth-order valence-electron chi connectivity index (χ4n) is 4.93. The molecule has 11 heteroatoms. The van der Waals surface area contributed by atoms with Gasteiger partial charge in [-0.05, 0) is 24.3 Å². The van der Waals surface area contributed by atoms with Crippen molar-refractivity contribution >= 4 is 18.1 Å². The first-order chi connectivity index (χ1) is 18.3. The molecule has 0 fully saturated rings. The lowest BCUT2D eigenvalue weighted by atomic mass is 9.77. The topological polar surface area (TPSA) is 135 Å². The maximum Gasteiger partial charge on any atom is 0.249 e. The maximum absolute atomic E-state index is 14.6. The molecule has 38 heavy (non-hydrogen) atoms. The molecule has 0 radical (unpaired) electrons. The molecule has 2 amide bonds. The molecule has 1 aliphatic heterocycles. The maximum atomic E-state index is 14.6. The molecule has 202 valence electrons. The second-order valence-corrected chi connectivity index (χ2v) is 8.95. The third kappa shape index (κ3) is 5.13. The summed E-state index contributed by atoms with van der Waals surface area (Å²) < 4.78 is 31.1. The molecule has 2 aromatic carbocycles. The van der Waals surface area contributed by atoms with Gasteiger partial charge in [0, 0.05) is 42.5 Å². The van der Waals surface area contributed by atoms with Crippen molar-refractivity contribution in [2.45, 2.75) is 30.7 Å². The Morgan fingerprint density at radius 2 is 2.00 bits per heavy atom. The van der Waals surface area contributed by atoms with Crippen LogP contribution in [0.15, 0.2) is 48.0 Å². The smallest absolute Gasteiger partial charge is 0.249 e. The summed E-state index contributed by atoms with van der Waals surface area (Å²) in [4.78, 5) is 39.3. The van der Waals surface area contributed by atoms with E-state index in [0.717, 1.165) is 0 Å². The highest BCUT2D eigenvalue weighted by Gasteiger charge is 2.51. The van der Waals surface area contributed by atoms with Crippen LogP contribution in [-0.4, -0.2) is 85.4 Å². The van der Waals surface area contributed by atoms with E-state index in [9.17, 15) is 29.0 Å². The van der Waals surface area contributed by atoms with Gasteiger partial charge in [0.15, 0.2) is 11.5 Å².